The number of amides is 1. The van der Waals surface area contributed by atoms with Crippen LogP contribution in [0.4, 0.5) is 0 Å². The van der Waals surface area contributed by atoms with Crippen LogP contribution in [0.5, 0.6) is 0 Å². The fourth-order valence-corrected chi connectivity index (χ4v) is 3.39. The monoisotopic (exact) mass is 252 g/mol. The van der Waals surface area contributed by atoms with Crippen LogP contribution in [0.25, 0.3) is 0 Å². The Hall–Kier alpha value is -0.570. The van der Waals surface area contributed by atoms with Crippen molar-refractivity contribution in [3.63, 3.8) is 0 Å². The van der Waals surface area contributed by atoms with E-state index in [2.05, 4.69) is 0 Å². The van der Waals surface area contributed by atoms with Crippen LogP contribution < -0.4 is 5.73 Å². The summed E-state index contributed by atoms with van der Waals surface area (Å²) in [6.45, 7) is 7.96. The van der Waals surface area contributed by atoms with Crippen molar-refractivity contribution in [1.29, 1.82) is 0 Å². The molecule has 0 aromatic rings. The normalized spacial score (nSPS) is 25.4. The zero-order valence-corrected chi connectivity index (χ0v) is 12.2. The summed E-state index contributed by atoms with van der Waals surface area (Å²) < 4.78 is 0. The number of carbonyl (C=O) groups is 1. The molecule has 3 nitrogen and oxygen atoms in total. The lowest BCUT2D eigenvalue weighted by Crippen LogP contribution is -2.53. The largest absolute Gasteiger partial charge is 0.341 e. The molecule has 1 saturated heterocycles. The van der Waals surface area contributed by atoms with Crippen LogP contribution in [0.1, 0.15) is 59.3 Å². The first kappa shape index (κ1) is 13.9. The average molecular weight is 252 g/mol. The molecule has 2 rings (SSSR count). The van der Waals surface area contributed by atoms with Gasteiger partial charge in [-0.2, -0.15) is 0 Å². The van der Waals surface area contributed by atoms with Gasteiger partial charge in [-0.05, 0) is 36.5 Å². The Labute approximate surface area is 111 Å². The first-order chi connectivity index (χ1) is 8.34. The molecule has 2 aliphatic rings. The topological polar surface area (TPSA) is 46.3 Å². The van der Waals surface area contributed by atoms with Gasteiger partial charge in [0.2, 0.25) is 5.91 Å². The lowest BCUT2D eigenvalue weighted by Gasteiger charge is -2.41. The highest BCUT2D eigenvalue weighted by Crippen LogP contribution is 2.46. The smallest absolute Gasteiger partial charge is 0.240 e. The third-order valence-corrected chi connectivity index (χ3v) is 5.00. The molecule has 18 heavy (non-hydrogen) atoms. The molecule has 1 spiro atoms. The molecule has 0 aromatic carbocycles. The van der Waals surface area contributed by atoms with E-state index in [0.29, 0.717) is 5.41 Å². The van der Waals surface area contributed by atoms with Crippen LogP contribution in [0.2, 0.25) is 0 Å². The lowest BCUT2D eigenvalue weighted by molar-refractivity contribution is -0.137. The quantitative estimate of drug-likeness (QED) is 0.779. The summed E-state index contributed by atoms with van der Waals surface area (Å²) in [7, 11) is 0. The second kappa shape index (κ2) is 4.84. The van der Waals surface area contributed by atoms with Gasteiger partial charge >= 0.3 is 0 Å². The Morgan fingerprint density at radius 3 is 2.06 bits per heavy atom. The van der Waals surface area contributed by atoms with Crippen molar-refractivity contribution in [1.82, 2.24) is 4.90 Å². The summed E-state index contributed by atoms with van der Waals surface area (Å²) in [5, 5.41) is 0. The number of likely N-dealkylation sites (tertiary alicyclic amines) is 1. The van der Waals surface area contributed by atoms with E-state index in [4.69, 9.17) is 5.73 Å². The molecular formula is C15H28N2O. The predicted octanol–water partition coefficient (Wildman–Crippen LogP) is 2.54. The number of carbonyl (C=O) groups excluding carboxylic acids is 1. The number of piperidine rings is 1. The van der Waals surface area contributed by atoms with Gasteiger partial charge in [-0.1, -0.05) is 33.6 Å². The first-order valence-electron chi connectivity index (χ1n) is 7.39. The molecule has 104 valence electrons. The second-order valence-corrected chi connectivity index (χ2v) is 7.38. The van der Waals surface area contributed by atoms with Crippen LogP contribution >= 0.6 is 0 Å². The molecule has 1 aliphatic heterocycles. The number of nitrogens with zero attached hydrogens (tertiary/aromatic N) is 1. The standard InChI is InChI=1S/C15H28N2O/c1-14(2,3)12(16)13(18)17-10-8-15(9-11-17)6-4-5-7-15/h12H,4-11,16H2,1-3H3/t12-/m1/s1. The van der Waals surface area contributed by atoms with E-state index in [1.54, 1.807) is 0 Å². The minimum absolute atomic E-state index is 0.139. The summed E-state index contributed by atoms with van der Waals surface area (Å²) in [6, 6.07) is -0.366. The van der Waals surface area contributed by atoms with E-state index in [1.807, 2.05) is 25.7 Å². The molecule has 1 saturated carbocycles. The molecule has 2 N–H and O–H groups in total. The molecule has 0 bridgehead atoms. The number of hydrogen-bond donors (Lipinski definition) is 1. The van der Waals surface area contributed by atoms with Crippen LogP contribution in [0.3, 0.4) is 0 Å². The van der Waals surface area contributed by atoms with Crippen LogP contribution in [0, 0.1) is 10.8 Å². The lowest BCUT2D eigenvalue weighted by atomic mass is 9.76. The van der Waals surface area contributed by atoms with Crippen molar-refractivity contribution in [3.8, 4) is 0 Å². The van der Waals surface area contributed by atoms with Crippen molar-refractivity contribution >= 4 is 5.91 Å². The molecule has 0 unspecified atom stereocenters. The summed E-state index contributed by atoms with van der Waals surface area (Å²) in [5.74, 6) is 0.148. The van der Waals surface area contributed by atoms with Gasteiger partial charge in [0.05, 0.1) is 6.04 Å². The van der Waals surface area contributed by atoms with Gasteiger partial charge in [-0.15, -0.1) is 0 Å². The van der Waals surface area contributed by atoms with Crippen molar-refractivity contribution in [2.75, 3.05) is 13.1 Å². The molecule has 0 aromatic heterocycles. The maximum Gasteiger partial charge on any atom is 0.240 e. The maximum atomic E-state index is 12.3. The number of rotatable bonds is 1. The van der Waals surface area contributed by atoms with Gasteiger partial charge in [-0.3, -0.25) is 4.79 Å². The number of hydrogen-bond acceptors (Lipinski definition) is 2. The van der Waals surface area contributed by atoms with E-state index in [1.165, 1.54) is 38.5 Å². The Bertz CT molecular complexity index is 303. The third kappa shape index (κ3) is 2.71. The van der Waals surface area contributed by atoms with E-state index in [-0.39, 0.29) is 17.4 Å². The average Bonchev–Trinajstić information content (AvgIpc) is 2.75. The minimum atomic E-state index is -0.366. The van der Waals surface area contributed by atoms with Crippen LogP contribution in [0.15, 0.2) is 0 Å². The van der Waals surface area contributed by atoms with E-state index in [0.717, 1.165) is 13.1 Å². The van der Waals surface area contributed by atoms with E-state index in [9.17, 15) is 4.79 Å². The maximum absolute atomic E-state index is 12.3. The molecule has 0 radical (unpaired) electrons. The van der Waals surface area contributed by atoms with Gasteiger partial charge in [0.25, 0.3) is 0 Å². The minimum Gasteiger partial charge on any atom is -0.341 e. The predicted molar refractivity (Wildman–Crippen MR) is 74.1 cm³/mol. The Morgan fingerprint density at radius 2 is 1.61 bits per heavy atom. The fraction of sp³-hybridized carbons (Fsp3) is 0.933. The Balaban J connectivity index is 1.91. The first-order valence-corrected chi connectivity index (χ1v) is 7.39. The highest BCUT2D eigenvalue weighted by molar-refractivity contribution is 5.82. The third-order valence-electron chi connectivity index (χ3n) is 5.00. The zero-order chi connectivity index (χ0) is 13.4. The molecule has 1 aliphatic carbocycles. The van der Waals surface area contributed by atoms with Gasteiger partial charge in [0.1, 0.15) is 0 Å². The summed E-state index contributed by atoms with van der Waals surface area (Å²) in [5.41, 5.74) is 6.51. The zero-order valence-electron chi connectivity index (χ0n) is 12.2. The second-order valence-electron chi connectivity index (χ2n) is 7.38. The van der Waals surface area contributed by atoms with Crippen molar-refractivity contribution in [2.24, 2.45) is 16.6 Å². The van der Waals surface area contributed by atoms with Crippen molar-refractivity contribution in [3.05, 3.63) is 0 Å². The molecule has 3 heteroatoms. The fourth-order valence-electron chi connectivity index (χ4n) is 3.39. The molecular weight excluding hydrogens is 224 g/mol. The Morgan fingerprint density at radius 1 is 1.11 bits per heavy atom. The molecule has 1 heterocycles. The highest BCUT2D eigenvalue weighted by Gasteiger charge is 2.40. The van der Waals surface area contributed by atoms with E-state index < -0.39 is 0 Å². The Kier molecular flexibility index (Phi) is 3.72. The summed E-state index contributed by atoms with van der Waals surface area (Å²) in [6.07, 6.45) is 7.90. The van der Waals surface area contributed by atoms with Gasteiger partial charge < -0.3 is 10.6 Å². The van der Waals surface area contributed by atoms with Gasteiger partial charge in [0, 0.05) is 13.1 Å². The van der Waals surface area contributed by atoms with Gasteiger partial charge in [-0.25, -0.2) is 0 Å². The van der Waals surface area contributed by atoms with Crippen molar-refractivity contribution in [2.45, 2.75) is 65.3 Å². The summed E-state index contributed by atoms with van der Waals surface area (Å²) >= 11 is 0. The number of nitrogens with two attached hydrogens (primary N) is 1. The van der Waals surface area contributed by atoms with Gasteiger partial charge in [0.15, 0.2) is 0 Å². The molecule has 1 amide bonds. The molecule has 2 fully saturated rings. The molecule has 1 atom stereocenters. The summed E-state index contributed by atoms with van der Waals surface area (Å²) in [4.78, 5) is 14.3. The van der Waals surface area contributed by atoms with E-state index >= 15 is 0 Å². The highest BCUT2D eigenvalue weighted by atomic mass is 16.2. The van der Waals surface area contributed by atoms with Crippen molar-refractivity contribution < 1.29 is 4.79 Å². The SMILES string of the molecule is CC(C)(C)[C@H](N)C(=O)N1CCC2(CCCC2)CC1. The van der Waals surface area contributed by atoms with Crippen LogP contribution in [-0.2, 0) is 4.79 Å². The van der Waals surface area contributed by atoms with Crippen LogP contribution in [-0.4, -0.2) is 29.9 Å².